The third kappa shape index (κ3) is 5.30. The third-order valence-electron chi connectivity index (χ3n) is 4.77. The van der Waals surface area contributed by atoms with Gasteiger partial charge < -0.3 is 20.3 Å². The highest BCUT2D eigenvalue weighted by Gasteiger charge is 2.24. The van der Waals surface area contributed by atoms with E-state index in [9.17, 15) is 4.79 Å². The average Bonchev–Trinajstić information content (AvgIpc) is 3.13. The number of hydrogen-bond donors (Lipinski definition) is 2. The quantitative estimate of drug-likeness (QED) is 0.755. The van der Waals surface area contributed by atoms with Crippen molar-refractivity contribution in [2.75, 3.05) is 36.5 Å². The third-order valence-corrected chi connectivity index (χ3v) is 5.01. The van der Waals surface area contributed by atoms with Gasteiger partial charge in [0.2, 0.25) is 0 Å². The highest BCUT2D eigenvalue weighted by atomic mass is 35.5. The van der Waals surface area contributed by atoms with Crippen LogP contribution in [-0.2, 0) is 0 Å². The summed E-state index contributed by atoms with van der Waals surface area (Å²) in [6, 6.07) is 13.2. The maximum atomic E-state index is 12.1. The summed E-state index contributed by atoms with van der Waals surface area (Å²) in [5.74, 6) is 1.22. The first kappa shape index (κ1) is 19.4. The second-order valence-corrected chi connectivity index (χ2v) is 7.26. The predicted molar refractivity (Wildman–Crippen MR) is 111 cm³/mol. The fourth-order valence-electron chi connectivity index (χ4n) is 3.35. The van der Waals surface area contributed by atoms with Gasteiger partial charge in [-0.25, -0.2) is 4.79 Å². The first-order valence-corrected chi connectivity index (χ1v) is 9.71. The molecule has 1 heterocycles. The van der Waals surface area contributed by atoms with Crippen LogP contribution >= 0.6 is 11.6 Å². The molecule has 1 unspecified atom stereocenters. The summed E-state index contributed by atoms with van der Waals surface area (Å²) in [5.41, 5.74) is 3.16. The molecule has 2 amide bonds. The summed E-state index contributed by atoms with van der Waals surface area (Å²) in [5, 5.41) is 6.59. The van der Waals surface area contributed by atoms with Crippen LogP contribution in [0.2, 0.25) is 5.02 Å². The van der Waals surface area contributed by atoms with Crippen LogP contribution in [0.3, 0.4) is 0 Å². The van der Waals surface area contributed by atoms with Gasteiger partial charge in [0.1, 0.15) is 5.75 Å². The molecule has 0 aliphatic carbocycles. The number of carbonyl (C=O) groups excluding carboxylic acids is 1. The number of urea groups is 1. The molecule has 0 radical (unpaired) electrons. The lowest BCUT2D eigenvalue weighted by Crippen LogP contribution is -2.34. The van der Waals surface area contributed by atoms with Crippen LogP contribution in [-0.4, -0.2) is 32.3 Å². The summed E-state index contributed by atoms with van der Waals surface area (Å²) in [6.45, 7) is 7.22. The first-order valence-electron chi connectivity index (χ1n) is 9.34. The normalized spacial score (nSPS) is 16.3. The molecule has 2 aromatic rings. The molecular weight excluding hydrogens is 362 g/mol. The summed E-state index contributed by atoms with van der Waals surface area (Å²) in [6.07, 6.45) is 1.05. The van der Waals surface area contributed by atoms with Gasteiger partial charge in [0.05, 0.1) is 6.61 Å². The van der Waals surface area contributed by atoms with Crippen molar-refractivity contribution in [2.45, 2.75) is 20.3 Å². The standard InChI is InChI=1S/C21H26ClN3O2/c1-3-27-19-8-6-18(7-9-19)24-21(26)23-13-16-10-11-25(14-16)20-12-17(22)5-4-15(20)2/h4-9,12,16H,3,10-11,13-14H2,1-2H3,(H2,23,24,26). The Morgan fingerprint density at radius 1 is 1.26 bits per heavy atom. The Hall–Kier alpha value is -2.40. The molecule has 0 saturated carbocycles. The number of hydrogen-bond acceptors (Lipinski definition) is 3. The van der Waals surface area contributed by atoms with Crippen molar-refractivity contribution in [3.8, 4) is 5.75 Å². The van der Waals surface area contributed by atoms with E-state index in [1.54, 1.807) is 0 Å². The second kappa shape index (κ2) is 9.00. The number of aryl methyl sites for hydroxylation is 1. The Balaban J connectivity index is 1.46. The van der Waals surface area contributed by atoms with Gasteiger partial charge in [0, 0.05) is 36.0 Å². The monoisotopic (exact) mass is 387 g/mol. The topological polar surface area (TPSA) is 53.6 Å². The summed E-state index contributed by atoms with van der Waals surface area (Å²) < 4.78 is 5.40. The zero-order chi connectivity index (χ0) is 19.2. The van der Waals surface area contributed by atoms with E-state index in [4.69, 9.17) is 16.3 Å². The molecule has 144 valence electrons. The summed E-state index contributed by atoms with van der Waals surface area (Å²) in [7, 11) is 0. The number of nitrogens with zero attached hydrogens (tertiary/aromatic N) is 1. The molecule has 2 aromatic carbocycles. The number of rotatable bonds is 6. The lowest BCUT2D eigenvalue weighted by molar-refractivity contribution is 0.250. The predicted octanol–water partition coefficient (Wildman–Crippen LogP) is 4.70. The van der Waals surface area contributed by atoms with E-state index in [-0.39, 0.29) is 6.03 Å². The van der Waals surface area contributed by atoms with Crippen molar-refractivity contribution < 1.29 is 9.53 Å². The van der Waals surface area contributed by atoms with Gasteiger partial charge >= 0.3 is 6.03 Å². The zero-order valence-corrected chi connectivity index (χ0v) is 16.6. The minimum atomic E-state index is -0.184. The first-order chi connectivity index (χ1) is 13.0. The number of nitrogens with one attached hydrogen (secondary N) is 2. The Labute approximate surface area is 165 Å². The molecular formula is C21H26ClN3O2. The summed E-state index contributed by atoms with van der Waals surface area (Å²) >= 11 is 6.14. The minimum absolute atomic E-state index is 0.184. The summed E-state index contributed by atoms with van der Waals surface area (Å²) in [4.78, 5) is 14.5. The zero-order valence-electron chi connectivity index (χ0n) is 15.8. The van der Waals surface area contributed by atoms with Crippen LogP contribution in [0, 0.1) is 12.8 Å². The molecule has 1 fully saturated rings. The van der Waals surface area contributed by atoms with Crippen LogP contribution in [0.1, 0.15) is 18.9 Å². The highest BCUT2D eigenvalue weighted by Crippen LogP contribution is 2.29. The van der Waals surface area contributed by atoms with Crippen molar-refractivity contribution in [1.82, 2.24) is 5.32 Å². The van der Waals surface area contributed by atoms with E-state index in [1.807, 2.05) is 49.4 Å². The fourth-order valence-corrected chi connectivity index (χ4v) is 3.52. The Morgan fingerprint density at radius 3 is 2.78 bits per heavy atom. The maximum absolute atomic E-state index is 12.1. The van der Waals surface area contributed by atoms with Gasteiger partial charge in [-0.05, 0) is 68.1 Å². The lowest BCUT2D eigenvalue weighted by atomic mass is 10.1. The van der Waals surface area contributed by atoms with E-state index >= 15 is 0 Å². The van der Waals surface area contributed by atoms with Gasteiger partial charge in [0.25, 0.3) is 0 Å². The van der Waals surface area contributed by atoms with Gasteiger partial charge in [-0.3, -0.25) is 0 Å². The SMILES string of the molecule is CCOc1ccc(NC(=O)NCC2CCN(c3cc(Cl)ccc3C)C2)cc1. The van der Waals surface area contributed by atoms with Gasteiger partial charge in [-0.1, -0.05) is 17.7 Å². The number of carbonyl (C=O) groups is 1. The van der Waals surface area contributed by atoms with Gasteiger partial charge in [-0.15, -0.1) is 0 Å². The lowest BCUT2D eigenvalue weighted by Gasteiger charge is -2.21. The van der Waals surface area contributed by atoms with E-state index in [0.29, 0.717) is 19.1 Å². The Kier molecular flexibility index (Phi) is 6.45. The van der Waals surface area contributed by atoms with E-state index in [1.165, 1.54) is 11.3 Å². The Bertz CT molecular complexity index is 779. The molecule has 6 heteroatoms. The molecule has 1 aliphatic heterocycles. The molecule has 0 spiro atoms. The average molecular weight is 388 g/mol. The van der Waals surface area contributed by atoms with Crippen LogP contribution in [0.15, 0.2) is 42.5 Å². The van der Waals surface area contributed by atoms with Crippen molar-refractivity contribution >= 4 is 29.0 Å². The van der Waals surface area contributed by atoms with Crippen LogP contribution in [0.5, 0.6) is 5.75 Å². The number of benzene rings is 2. The minimum Gasteiger partial charge on any atom is -0.494 e. The van der Waals surface area contributed by atoms with Crippen molar-refractivity contribution in [1.29, 1.82) is 0 Å². The van der Waals surface area contributed by atoms with E-state index in [0.717, 1.165) is 36.0 Å². The largest absolute Gasteiger partial charge is 0.494 e. The maximum Gasteiger partial charge on any atom is 0.319 e. The van der Waals surface area contributed by atoms with Crippen molar-refractivity contribution in [3.05, 3.63) is 53.1 Å². The highest BCUT2D eigenvalue weighted by molar-refractivity contribution is 6.30. The number of amides is 2. The van der Waals surface area contributed by atoms with Gasteiger partial charge in [0.15, 0.2) is 0 Å². The molecule has 27 heavy (non-hydrogen) atoms. The van der Waals surface area contributed by atoms with Gasteiger partial charge in [-0.2, -0.15) is 0 Å². The van der Waals surface area contributed by atoms with E-state index < -0.39 is 0 Å². The van der Waals surface area contributed by atoms with Crippen molar-refractivity contribution in [3.63, 3.8) is 0 Å². The molecule has 1 aliphatic rings. The van der Waals surface area contributed by atoms with Crippen molar-refractivity contribution in [2.24, 2.45) is 5.92 Å². The fraction of sp³-hybridized carbons (Fsp3) is 0.381. The molecule has 1 atom stereocenters. The van der Waals surface area contributed by atoms with Crippen LogP contribution in [0.4, 0.5) is 16.2 Å². The second-order valence-electron chi connectivity index (χ2n) is 6.82. The molecule has 5 nitrogen and oxygen atoms in total. The molecule has 0 bridgehead atoms. The van der Waals surface area contributed by atoms with Crippen LogP contribution in [0.25, 0.3) is 0 Å². The molecule has 3 rings (SSSR count). The Morgan fingerprint density at radius 2 is 2.04 bits per heavy atom. The number of ether oxygens (including phenoxy) is 1. The smallest absolute Gasteiger partial charge is 0.319 e. The van der Waals surface area contributed by atoms with E-state index in [2.05, 4.69) is 22.5 Å². The van der Waals surface area contributed by atoms with Crippen LogP contribution < -0.4 is 20.3 Å². The number of anilines is 2. The molecule has 0 aromatic heterocycles. The molecule has 2 N–H and O–H groups in total. The molecule has 1 saturated heterocycles. The number of halogens is 1.